The van der Waals surface area contributed by atoms with Crippen LogP contribution in [-0.4, -0.2) is 51.9 Å². The van der Waals surface area contributed by atoms with Crippen molar-refractivity contribution >= 4 is 51.7 Å². The van der Waals surface area contributed by atoms with E-state index in [4.69, 9.17) is 32.6 Å². The highest BCUT2D eigenvalue weighted by Crippen LogP contribution is 2.41. The van der Waals surface area contributed by atoms with Crippen LogP contribution in [0.5, 0.6) is 0 Å². The molecule has 1 aliphatic rings. The van der Waals surface area contributed by atoms with Crippen LogP contribution in [0.4, 0.5) is 5.69 Å². The minimum atomic E-state index is -1.73. The van der Waals surface area contributed by atoms with Crippen molar-refractivity contribution in [2.24, 2.45) is 0 Å². The Hall–Kier alpha value is -3.23. The standard InChI is InChI=1S/C28H25Cl2N3O4/c1-28(2,36)26(35)25-24(31-22(34)15-33-12-5-13-33)20-14-19(16-8-10-17(29)11-9-16)23(32-27(20)37-25)18-6-3-4-7-21(18)30/h3-4,6-11,14,36H,5,12-13,15H2,1-2H3,(H,31,34). The van der Waals surface area contributed by atoms with Crippen molar-refractivity contribution < 1.29 is 19.1 Å². The lowest BCUT2D eigenvalue weighted by Gasteiger charge is -2.29. The summed E-state index contributed by atoms with van der Waals surface area (Å²) in [7, 11) is 0. The number of furan rings is 1. The number of Topliss-reactive ketones (excluding diaryl/α,β-unsaturated/α-hetero) is 1. The number of anilines is 1. The number of hydrogen-bond donors (Lipinski definition) is 2. The summed E-state index contributed by atoms with van der Waals surface area (Å²) in [4.78, 5) is 32.8. The molecule has 1 amide bonds. The Morgan fingerprint density at radius 3 is 2.41 bits per heavy atom. The molecule has 0 unspecified atom stereocenters. The predicted octanol–water partition coefficient (Wildman–Crippen LogP) is 6.07. The van der Waals surface area contributed by atoms with E-state index in [0.717, 1.165) is 25.1 Å². The normalized spacial score (nSPS) is 14.0. The molecule has 5 rings (SSSR count). The number of carbonyl (C=O) groups excluding carboxylic acids is 2. The molecular formula is C28H25Cl2N3O4. The van der Waals surface area contributed by atoms with Crippen LogP contribution in [0.2, 0.25) is 10.0 Å². The Morgan fingerprint density at radius 2 is 1.78 bits per heavy atom. The number of nitrogens with one attached hydrogen (secondary N) is 1. The van der Waals surface area contributed by atoms with E-state index in [9.17, 15) is 14.7 Å². The molecule has 3 heterocycles. The highest BCUT2D eigenvalue weighted by molar-refractivity contribution is 6.33. The number of aliphatic hydroxyl groups is 1. The van der Waals surface area contributed by atoms with Gasteiger partial charge in [0.25, 0.3) is 0 Å². The molecule has 2 aromatic heterocycles. The largest absolute Gasteiger partial charge is 0.432 e. The molecule has 0 radical (unpaired) electrons. The molecule has 4 aromatic rings. The maximum atomic E-state index is 13.2. The highest BCUT2D eigenvalue weighted by atomic mass is 35.5. The number of likely N-dealkylation sites (tertiary alicyclic amines) is 1. The van der Waals surface area contributed by atoms with Crippen LogP contribution in [-0.2, 0) is 4.79 Å². The first-order chi connectivity index (χ1) is 17.6. The summed E-state index contributed by atoms with van der Waals surface area (Å²) in [5.41, 5.74) is 1.32. The second-order valence-electron chi connectivity index (χ2n) is 9.60. The highest BCUT2D eigenvalue weighted by Gasteiger charge is 2.34. The van der Waals surface area contributed by atoms with Crippen LogP contribution in [0.15, 0.2) is 59.0 Å². The quantitative estimate of drug-likeness (QED) is 0.278. The van der Waals surface area contributed by atoms with Gasteiger partial charge >= 0.3 is 0 Å². The average molecular weight is 538 g/mol. The van der Waals surface area contributed by atoms with Crippen LogP contribution in [0.3, 0.4) is 0 Å². The molecule has 7 nitrogen and oxygen atoms in total. The number of fused-ring (bicyclic) bond motifs is 1. The van der Waals surface area contributed by atoms with E-state index in [2.05, 4.69) is 5.32 Å². The number of pyridine rings is 1. The summed E-state index contributed by atoms with van der Waals surface area (Å²) in [6.07, 6.45) is 1.05. The van der Waals surface area contributed by atoms with Crippen molar-refractivity contribution in [3.8, 4) is 22.4 Å². The van der Waals surface area contributed by atoms with Gasteiger partial charge in [0.15, 0.2) is 5.76 Å². The molecule has 0 bridgehead atoms. The summed E-state index contributed by atoms with van der Waals surface area (Å²) >= 11 is 12.7. The minimum Gasteiger partial charge on any atom is -0.432 e. The van der Waals surface area contributed by atoms with Crippen LogP contribution in [0.25, 0.3) is 33.5 Å². The Morgan fingerprint density at radius 1 is 1.08 bits per heavy atom. The number of rotatable bonds is 7. The van der Waals surface area contributed by atoms with E-state index in [1.807, 2.05) is 41.3 Å². The predicted molar refractivity (Wildman–Crippen MR) is 145 cm³/mol. The first-order valence-corrected chi connectivity index (χ1v) is 12.6. The van der Waals surface area contributed by atoms with Gasteiger partial charge in [-0.25, -0.2) is 4.98 Å². The van der Waals surface area contributed by atoms with E-state index in [1.54, 1.807) is 18.2 Å². The first-order valence-electron chi connectivity index (χ1n) is 11.9. The van der Waals surface area contributed by atoms with Crippen molar-refractivity contribution in [1.29, 1.82) is 0 Å². The number of amides is 1. The monoisotopic (exact) mass is 537 g/mol. The van der Waals surface area contributed by atoms with Gasteiger partial charge in [0.1, 0.15) is 11.3 Å². The van der Waals surface area contributed by atoms with Crippen molar-refractivity contribution in [3.05, 3.63) is 70.4 Å². The second kappa shape index (κ2) is 9.91. The molecule has 190 valence electrons. The summed E-state index contributed by atoms with van der Waals surface area (Å²) in [5.74, 6) is -1.11. The fraction of sp³-hybridized carbons (Fsp3) is 0.250. The molecule has 1 saturated heterocycles. The zero-order valence-corrected chi connectivity index (χ0v) is 21.9. The van der Waals surface area contributed by atoms with Crippen LogP contribution in [0.1, 0.15) is 30.8 Å². The van der Waals surface area contributed by atoms with E-state index in [0.29, 0.717) is 32.3 Å². The molecule has 2 N–H and O–H groups in total. The maximum absolute atomic E-state index is 13.2. The Kier molecular flexibility index (Phi) is 6.81. The van der Waals surface area contributed by atoms with E-state index < -0.39 is 11.4 Å². The zero-order chi connectivity index (χ0) is 26.3. The molecule has 1 fully saturated rings. The van der Waals surface area contributed by atoms with Crippen LogP contribution < -0.4 is 5.32 Å². The number of carbonyl (C=O) groups is 2. The summed E-state index contributed by atoms with van der Waals surface area (Å²) < 4.78 is 5.93. The molecule has 0 atom stereocenters. The van der Waals surface area contributed by atoms with Gasteiger partial charge in [0, 0.05) is 21.2 Å². The Balaban J connectivity index is 1.73. The summed E-state index contributed by atoms with van der Waals surface area (Å²) in [6.45, 7) is 4.63. The molecule has 0 spiro atoms. The number of halogens is 2. The summed E-state index contributed by atoms with van der Waals surface area (Å²) in [5, 5.41) is 14.8. The van der Waals surface area contributed by atoms with Gasteiger partial charge in [0.05, 0.1) is 17.6 Å². The summed E-state index contributed by atoms with van der Waals surface area (Å²) in [6, 6.07) is 16.4. The maximum Gasteiger partial charge on any atom is 0.238 e. The fourth-order valence-corrected chi connectivity index (χ4v) is 4.57. The number of ketones is 1. The molecule has 9 heteroatoms. The van der Waals surface area contributed by atoms with Gasteiger partial charge in [-0.3, -0.25) is 14.5 Å². The molecule has 1 aliphatic heterocycles. The van der Waals surface area contributed by atoms with E-state index >= 15 is 0 Å². The molecular weight excluding hydrogens is 513 g/mol. The van der Waals surface area contributed by atoms with Gasteiger partial charge < -0.3 is 14.8 Å². The second-order valence-corrected chi connectivity index (χ2v) is 10.4. The van der Waals surface area contributed by atoms with Crippen molar-refractivity contribution in [1.82, 2.24) is 9.88 Å². The Bertz CT molecular complexity index is 1500. The van der Waals surface area contributed by atoms with Crippen molar-refractivity contribution in [3.63, 3.8) is 0 Å². The van der Waals surface area contributed by atoms with Gasteiger partial charge in [-0.15, -0.1) is 0 Å². The lowest BCUT2D eigenvalue weighted by atomic mass is 9.97. The van der Waals surface area contributed by atoms with Gasteiger partial charge in [-0.1, -0.05) is 53.5 Å². The van der Waals surface area contributed by atoms with Gasteiger partial charge in [-0.05, 0) is 63.2 Å². The van der Waals surface area contributed by atoms with Crippen molar-refractivity contribution in [2.75, 3.05) is 25.0 Å². The topological polar surface area (TPSA) is 95.7 Å². The molecule has 0 saturated carbocycles. The van der Waals surface area contributed by atoms with E-state index in [-0.39, 0.29) is 29.6 Å². The van der Waals surface area contributed by atoms with Crippen LogP contribution >= 0.6 is 23.2 Å². The van der Waals surface area contributed by atoms with E-state index in [1.165, 1.54) is 13.8 Å². The molecule has 0 aliphatic carbocycles. The number of aromatic nitrogens is 1. The fourth-order valence-electron chi connectivity index (χ4n) is 4.22. The Labute approximate surface area is 224 Å². The van der Waals surface area contributed by atoms with Crippen LogP contribution in [0, 0.1) is 0 Å². The van der Waals surface area contributed by atoms with Crippen molar-refractivity contribution in [2.45, 2.75) is 25.9 Å². The zero-order valence-electron chi connectivity index (χ0n) is 20.3. The number of hydrogen-bond acceptors (Lipinski definition) is 6. The molecule has 2 aromatic carbocycles. The lowest BCUT2D eigenvalue weighted by Crippen LogP contribution is -2.42. The minimum absolute atomic E-state index is 0.138. The lowest BCUT2D eigenvalue weighted by molar-refractivity contribution is -0.118. The number of nitrogens with zero attached hydrogens (tertiary/aromatic N) is 2. The van der Waals surface area contributed by atoms with Gasteiger partial charge in [-0.2, -0.15) is 0 Å². The third-order valence-electron chi connectivity index (χ3n) is 6.31. The first kappa shape index (κ1) is 25.4. The number of benzene rings is 2. The van der Waals surface area contributed by atoms with Gasteiger partial charge in [0.2, 0.25) is 17.4 Å². The smallest absolute Gasteiger partial charge is 0.238 e. The molecule has 37 heavy (non-hydrogen) atoms. The SMILES string of the molecule is CC(C)(O)C(=O)c1oc2nc(-c3ccccc3Cl)c(-c3ccc(Cl)cc3)cc2c1NC(=O)CN1CCC1. The third-order valence-corrected chi connectivity index (χ3v) is 6.89. The third kappa shape index (κ3) is 5.13. The average Bonchev–Trinajstić information content (AvgIpc) is 3.17.